The molecule has 1 heterocycles. The quantitative estimate of drug-likeness (QED) is 0.833. The van der Waals surface area contributed by atoms with Gasteiger partial charge in [-0.05, 0) is 30.7 Å². The van der Waals surface area contributed by atoms with E-state index in [9.17, 15) is 13.2 Å². The van der Waals surface area contributed by atoms with E-state index in [4.69, 9.17) is 14.8 Å². The minimum Gasteiger partial charge on any atom is -0.419 e. The lowest BCUT2D eigenvalue weighted by molar-refractivity contribution is -0.148. The molecule has 0 saturated carbocycles. The number of rotatable bonds is 7. The molecule has 9 heteroatoms. The van der Waals surface area contributed by atoms with Crippen molar-refractivity contribution in [2.45, 2.75) is 19.1 Å². The molecule has 0 amide bonds. The van der Waals surface area contributed by atoms with Crippen LogP contribution in [0.5, 0.6) is 0 Å². The smallest absolute Gasteiger partial charge is 0.401 e. The lowest BCUT2D eigenvalue weighted by Crippen LogP contribution is -2.35. The summed E-state index contributed by atoms with van der Waals surface area (Å²) in [4.78, 5) is 1.09. The van der Waals surface area contributed by atoms with E-state index in [0.29, 0.717) is 11.1 Å². The Labute approximate surface area is 136 Å². The van der Waals surface area contributed by atoms with Gasteiger partial charge in [-0.1, -0.05) is 0 Å². The zero-order valence-corrected chi connectivity index (χ0v) is 12.6. The van der Waals surface area contributed by atoms with Crippen LogP contribution in [0, 0.1) is 11.3 Å². The summed E-state index contributed by atoms with van der Waals surface area (Å²) in [5, 5.41) is 25.1. The highest BCUT2D eigenvalue weighted by Crippen LogP contribution is 2.21. The molecule has 0 atom stereocenters. The van der Waals surface area contributed by atoms with Crippen LogP contribution >= 0.6 is 0 Å². The largest absolute Gasteiger partial charge is 0.419 e. The molecule has 2 aromatic rings. The van der Waals surface area contributed by atoms with Crippen LogP contribution in [0.15, 0.2) is 28.7 Å². The fraction of sp³-hybridized carbons (Fsp3) is 0.400. The summed E-state index contributed by atoms with van der Waals surface area (Å²) >= 11 is 0. The van der Waals surface area contributed by atoms with Gasteiger partial charge in [-0.3, -0.25) is 4.90 Å². The molecule has 0 unspecified atom stereocenters. The summed E-state index contributed by atoms with van der Waals surface area (Å²) in [5.74, 6) is 0.222. The molecule has 0 aliphatic carbocycles. The Morgan fingerprint density at radius 3 is 2.50 bits per heavy atom. The zero-order chi connectivity index (χ0) is 17.6. The maximum Gasteiger partial charge on any atom is 0.401 e. The van der Waals surface area contributed by atoms with Crippen molar-refractivity contribution in [3.05, 3.63) is 35.7 Å². The summed E-state index contributed by atoms with van der Waals surface area (Å²) in [5.41, 5.74) is 1.05. The van der Waals surface area contributed by atoms with Crippen molar-refractivity contribution in [1.29, 1.82) is 5.26 Å². The van der Waals surface area contributed by atoms with Crippen LogP contribution in [0.1, 0.15) is 17.9 Å². The van der Waals surface area contributed by atoms with Crippen LogP contribution < -0.4 is 0 Å². The van der Waals surface area contributed by atoms with Crippen LogP contribution in [0.25, 0.3) is 11.5 Å². The van der Waals surface area contributed by atoms with Crippen molar-refractivity contribution in [3.8, 4) is 17.5 Å². The number of alkyl halides is 3. The maximum absolute atomic E-state index is 12.6. The Balaban J connectivity index is 2.08. The average Bonchev–Trinajstić information content (AvgIpc) is 3.00. The van der Waals surface area contributed by atoms with Gasteiger partial charge < -0.3 is 9.52 Å². The van der Waals surface area contributed by atoms with Gasteiger partial charge >= 0.3 is 6.18 Å². The minimum absolute atomic E-state index is 0.0524. The van der Waals surface area contributed by atoms with Crippen LogP contribution in [0.3, 0.4) is 0 Å². The van der Waals surface area contributed by atoms with Crippen molar-refractivity contribution in [1.82, 2.24) is 15.1 Å². The van der Waals surface area contributed by atoms with Gasteiger partial charge in [0.1, 0.15) is 0 Å². The normalized spacial score (nSPS) is 11.7. The third kappa shape index (κ3) is 5.33. The number of aromatic nitrogens is 2. The molecule has 24 heavy (non-hydrogen) atoms. The fourth-order valence-corrected chi connectivity index (χ4v) is 2.07. The van der Waals surface area contributed by atoms with E-state index in [1.54, 1.807) is 24.3 Å². The highest BCUT2D eigenvalue weighted by molar-refractivity contribution is 5.54. The van der Waals surface area contributed by atoms with Gasteiger partial charge in [0.05, 0.1) is 24.7 Å². The van der Waals surface area contributed by atoms with E-state index in [-0.39, 0.29) is 37.9 Å². The predicted molar refractivity (Wildman–Crippen MR) is 77.5 cm³/mol. The third-order valence-corrected chi connectivity index (χ3v) is 3.12. The lowest BCUT2D eigenvalue weighted by Gasteiger charge is -2.21. The highest BCUT2D eigenvalue weighted by Gasteiger charge is 2.31. The number of nitriles is 1. The molecule has 0 spiro atoms. The van der Waals surface area contributed by atoms with Crippen molar-refractivity contribution < 1.29 is 22.7 Å². The van der Waals surface area contributed by atoms with E-state index < -0.39 is 12.7 Å². The monoisotopic (exact) mass is 340 g/mol. The second-order valence-electron chi connectivity index (χ2n) is 5.09. The molecule has 128 valence electrons. The Kier molecular flexibility index (Phi) is 5.89. The molecule has 0 aliphatic heterocycles. The number of hydrogen-bond donors (Lipinski definition) is 1. The Morgan fingerprint density at radius 2 is 1.92 bits per heavy atom. The van der Waals surface area contributed by atoms with Crippen LogP contribution in [0.4, 0.5) is 13.2 Å². The van der Waals surface area contributed by atoms with Crippen LogP contribution in [-0.2, 0) is 6.54 Å². The Morgan fingerprint density at radius 1 is 1.21 bits per heavy atom. The Bertz CT molecular complexity index is 692. The first kappa shape index (κ1) is 17.9. The average molecular weight is 340 g/mol. The zero-order valence-electron chi connectivity index (χ0n) is 12.6. The van der Waals surface area contributed by atoms with Crippen LogP contribution in [-0.4, -0.2) is 46.1 Å². The van der Waals surface area contributed by atoms with E-state index in [0.717, 1.165) is 4.90 Å². The van der Waals surface area contributed by atoms with E-state index in [2.05, 4.69) is 10.2 Å². The molecule has 0 aliphatic rings. The molecular weight excluding hydrogens is 325 g/mol. The number of aliphatic hydroxyl groups is 1. The molecule has 0 saturated heterocycles. The molecule has 6 nitrogen and oxygen atoms in total. The first-order valence-electron chi connectivity index (χ1n) is 7.14. The second kappa shape index (κ2) is 7.90. The molecule has 2 rings (SSSR count). The first-order chi connectivity index (χ1) is 11.4. The van der Waals surface area contributed by atoms with Gasteiger partial charge in [0.2, 0.25) is 11.8 Å². The minimum atomic E-state index is -4.36. The van der Waals surface area contributed by atoms with Crippen LogP contribution in [0.2, 0.25) is 0 Å². The van der Waals surface area contributed by atoms with Gasteiger partial charge in [-0.25, -0.2) is 0 Å². The van der Waals surface area contributed by atoms with E-state index >= 15 is 0 Å². The van der Waals surface area contributed by atoms with Crippen molar-refractivity contribution in [2.75, 3.05) is 19.7 Å². The fourth-order valence-electron chi connectivity index (χ4n) is 2.07. The number of halogens is 3. The summed E-state index contributed by atoms with van der Waals surface area (Å²) in [6.07, 6.45) is -4.14. The van der Waals surface area contributed by atoms with E-state index in [1.807, 2.05) is 6.07 Å². The van der Waals surface area contributed by atoms with Crippen molar-refractivity contribution >= 4 is 0 Å². The van der Waals surface area contributed by atoms with Gasteiger partial charge in [0.15, 0.2) is 0 Å². The van der Waals surface area contributed by atoms with Gasteiger partial charge in [-0.2, -0.15) is 18.4 Å². The highest BCUT2D eigenvalue weighted by atomic mass is 19.4. The summed E-state index contributed by atoms with van der Waals surface area (Å²) < 4.78 is 43.1. The molecule has 1 aromatic heterocycles. The number of aliphatic hydroxyl groups excluding tert-OH is 1. The Hall–Kier alpha value is -2.44. The second-order valence-corrected chi connectivity index (χ2v) is 5.09. The van der Waals surface area contributed by atoms with Gasteiger partial charge in [0.25, 0.3) is 0 Å². The third-order valence-electron chi connectivity index (χ3n) is 3.12. The number of hydrogen-bond acceptors (Lipinski definition) is 6. The summed E-state index contributed by atoms with van der Waals surface area (Å²) in [6, 6.07) is 8.38. The van der Waals surface area contributed by atoms with Crippen molar-refractivity contribution in [3.63, 3.8) is 0 Å². The molecule has 0 fully saturated rings. The summed E-state index contributed by atoms with van der Waals surface area (Å²) in [7, 11) is 0. The first-order valence-corrected chi connectivity index (χ1v) is 7.14. The molecule has 1 aromatic carbocycles. The van der Waals surface area contributed by atoms with Gasteiger partial charge in [0, 0.05) is 18.7 Å². The molecule has 0 bridgehead atoms. The predicted octanol–water partition coefficient (Wildman–Crippen LogP) is 2.35. The van der Waals surface area contributed by atoms with Crippen molar-refractivity contribution in [2.24, 2.45) is 0 Å². The van der Waals surface area contributed by atoms with E-state index in [1.165, 1.54) is 0 Å². The maximum atomic E-state index is 12.6. The number of benzene rings is 1. The lowest BCUT2D eigenvalue weighted by atomic mass is 10.1. The molecular formula is C15H15F3N4O2. The molecule has 0 radical (unpaired) electrons. The molecule has 1 N–H and O–H groups in total. The SMILES string of the molecule is N#Cc1ccc(-c2nnc(CN(CCCO)CC(F)(F)F)o2)cc1. The van der Waals surface area contributed by atoms with Gasteiger partial charge in [-0.15, -0.1) is 10.2 Å². The summed E-state index contributed by atoms with van der Waals surface area (Å²) in [6.45, 7) is -1.43. The number of nitrogens with zero attached hydrogens (tertiary/aromatic N) is 4. The standard InChI is InChI=1S/C15H15F3N4O2/c16-15(17,18)10-22(6-1-7-23)9-13-20-21-14(24-13)12-4-2-11(8-19)3-5-12/h2-5,23H,1,6-7,9-10H2. The topological polar surface area (TPSA) is 86.2 Å².